The molecule has 1 heteroatoms. The van der Waals surface area contributed by atoms with Crippen LogP contribution in [-0.2, 0) is 10.8 Å². The summed E-state index contributed by atoms with van der Waals surface area (Å²) in [6.45, 7) is 0. The minimum Gasteiger partial charge on any atom is -0.310 e. The van der Waals surface area contributed by atoms with Crippen LogP contribution in [0.2, 0.25) is 0 Å². The zero-order valence-electron chi connectivity index (χ0n) is 36.4. The number of rotatable bonds is 5. The van der Waals surface area contributed by atoms with Crippen molar-refractivity contribution >= 4 is 17.1 Å². The lowest BCUT2D eigenvalue weighted by atomic mass is 9.41. The van der Waals surface area contributed by atoms with Gasteiger partial charge in [0.1, 0.15) is 0 Å². The molecule has 0 N–H and O–H groups in total. The fourth-order valence-electron chi connectivity index (χ4n) is 17.9. The molecule has 17 rings (SSSR count). The van der Waals surface area contributed by atoms with Gasteiger partial charge in [-0.05, 0) is 198 Å². The number of hydrogen-bond donors (Lipinski definition) is 0. The van der Waals surface area contributed by atoms with Crippen molar-refractivity contribution in [2.24, 2.45) is 53.3 Å². The Kier molecular flexibility index (Phi) is 7.48. The molecular weight excluding hydrogens is 759 g/mol. The highest BCUT2D eigenvalue weighted by molar-refractivity contribution is 5.96. The molecule has 8 bridgehead atoms. The van der Waals surface area contributed by atoms with Crippen LogP contribution in [0.3, 0.4) is 0 Å². The number of benzene rings is 6. The van der Waals surface area contributed by atoms with Crippen molar-refractivity contribution in [3.63, 3.8) is 0 Å². The molecule has 0 radical (unpaired) electrons. The Morgan fingerprint density at radius 2 is 0.952 bits per heavy atom. The largest absolute Gasteiger partial charge is 0.310 e. The third-order valence-electron chi connectivity index (χ3n) is 19.5. The Morgan fingerprint density at radius 3 is 1.62 bits per heavy atom. The number of hydrogen-bond acceptors (Lipinski definition) is 1. The van der Waals surface area contributed by atoms with E-state index >= 15 is 0 Å². The Hall–Kier alpha value is -5.40. The average molecular weight is 816 g/mol. The van der Waals surface area contributed by atoms with E-state index in [1.165, 1.54) is 115 Å². The Morgan fingerprint density at radius 1 is 0.413 bits per heavy atom. The van der Waals surface area contributed by atoms with E-state index in [0.717, 1.165) is 47.3 Å². The molecule has 8 saturated carbocycles. The maximum atomic E-state index is 2.76. The van der Waals surface area contributed by atoms with Gasteiger partial charge < -0.3 is 4.90 Å². The van der Waals surface area contributed by atoms with Gasteiger partial charge >= 0.3 is 0 Å². The van der Waals surface area contributed by atoms with E-state index in [4.69, 9.17) is 0 Å². The summed E-state index contributed by atoms with van der Waals surface area (Å²) in [6, 6.07) is 54.6. The first kappa shape index (κ1) is 36.0. The zero-order valence-corrected chi connectivity index (χ0v) is 36.4. The van der Waals surface area contributed by atoms with Crippen LogP contribution in [0.25, 0.3) is 33.4 Å². The first-order valence-corrected chi connectivity index (χ1v) is 24.9. The molecule has 11 aliphatic carbocycles. The molecule has 6 aromatic carbocycles. The topological polar surface area (TPSA) is 3.24 Å². The molecule has 310 valence electrons. The molecule has 2 atom stereocenters. The molecule has 8 fully saturated rings. The molecule has 0 aliphatic heterocycles. The van der Waals surface area contributed by atoms with Crippen molar-refractivity contribution in [3.05, 3.63) is 186 Å². The highest BCUT2D eigenvalue weighted by atomic mass is 15.1. The summed E-state index contributed by atoms with van der Waals surface area (Å²) in [5.74, 6) is 7.89. The van der Waals surface area contributed by atoms with Crippen molar-refractivity contribution in [1.29, 1.82) is 0 Å². The molecule has 0 amide bonds. The maximum Gasteiger partial charge on any atom is 0.0543 e. The molecule has 0 saturated heterocycles. The van der Waals surface area contributed by atoms with Crippen LogP contribution >= 0.6 is 0 Å². The fraction of sp³-hybridized carbons (Fsp3) is 0.355. The van der Waals surface area contributed by atoms with Gasteiger partial charge in [-0.3, -0.25) is 0 Å². The lowest BCUT2D eigenvalue weighted by Gasteiger charge is -2.63. The Balaban J connectivity index is 0.917. The van der Waals surface area contributed by atoms with Crippen molar-refractivity contribution in [2.45, 2.75) is 81.0 Å². The summed E-state index contributed by atoms with van der Waals surface area (Å²) in [7, 11) is 0. The first-order chi connectivity index (χ1) is 31.1. The maximum absolute atomic E-state index is 2.76. The summed E-state index contributed by atoms with van der Waals surface area (Å²) >= 11 is 0. The third-order valence-corrected chi connectivity index (χ3v) is 19.5. The summed E-state index contributed by atoms with van der Waals surface area (Å²) in [6.07, 6.45) is 24.3. The monoisotopic (exact) mass is 815 g/mol. The first-order valence-electron chi connectivity index (χ1n) is 24.9. The second-order valence-corrected chi connectivity index (χ2v) is 22.1. The number of nitrogens with zero attached hydrogens (tertiary/aromatic N) is 1. The minimum absolute atomic E-state index is 0.132. The summed E-state index contributed by atoms with van der Waals surface area (Å²) in [5, 5.41) is 0. The van der Waals surface area contributed by atoms with E-state index in [1.807, 2.05) is 0 Å². The van der Waals surface area contributed by atoms with E-state index < -0.39 is 0 Å². The normalized spacial score (nSPS) is 35.0. The fourth-order valence-corrected chi connectivity index (χ4v) is 17.9. The van der Waals surface area contributed by atoms with Crippen LogP contribution in [0, 0.1) is 53.3 Å². The van der Waals surface area contributed by atoms with E-state index in [9.17, 15) is 0 Å². The molecule has 2 spiro atoms. The van der Waals surface area contributed by atoms with Gasteiger partial charge in [-0.25, -0.2) is 0 Å². The molecule has 6 aromatic rings. The van der Waals surface area contributed by atoms with Crippen LogP contribution in [0.1, 0.15) is 92.4 Å². The molecule has 2 unspecified atom stereocenters. The van der Waals surface area contributed by atoms with Crippen molar-refractivity contribution in [2.75, 3.05) is 4.90 Å². The second-order valence-electron chi connectivity index (χ2n) is 22.1. The summed E-state index contributed by atoms with van der Waals surface area (Å²) in [5.41, 5.74) is 19.0. The van der Waals surface area contributed by atoms with Crippen LogP contribution in [0.4, 0.5) is 17.1 Å². The quantitative estimate of drug-likeness (QED) is 0.168. The Labute approximate surface area is 374 Å². The lowest BCUT2D eigenvalue weighted by molar-refractivity contribution is -0.0761. The minimum atomic E-state index is 0.132. The second kappa shape index (κ2) is 13.1. The van der Waals surface area contributed by atoms with Gasteiger partial charge in [0.15, 0.2) is 0 Å². The molecule has 0 aromatic heterocycles. The van der Waals surface area contributed by atoms with Crippen LogP contribution < -0.4 is 4.90 Å². The van der Waals surface area contributed by atoms with Crippen molar-refractivity contribution < 1.29 is 0 Å². The molecular formula is C62H57N. The van der Waals surface area contributed by atoms with Gasteiger partial charge in [0, 0.05) is 33.7 Å². The van der Waals surface area contributed by atoms with Crippen LogP contribution in [0.15, 0.2) is 164 Å². The van der Waals surface area contributed by atoms with Crippen LogP contribution in [0.5, 0.6) is 0 Å². The third kappa shape index (κ3) is 4.79. The lowest BCUT2D eigenvalue weighted by Crippen LogP contribution is -2.57. The van der Waals surface area contributed by atoms with E-state index in [1.54, 1.807) is 22.3 Å². The summed E-state index contributed by atoms with van der Waals surface area (Å²) < 4.78 is 0. The molecule has 11 aliphatic rings. The highest BCUT2D eigenvalue weighted by Gasteiger charge is 2.65. The number of fused-ring (bicyclic) bond motifs is 6. The van der Waals surface area contributed by atoms with Gasteiger partial charge in [0.05, 0.1) is 5.69 Å². The predicted octanol–water partition coefficient (Wildman–Crippen LogP) is 15.7. The highest BCUT2D eigenvalue weighted by Crippen LogP contribution is 2.73. The average Bonchev–Trinajstić information content (AvgIpc) is 3.79. The van der Waals surface area contributed by atoms with Gasteiger partial charge in [-0.2, -0.15) is 0 Å². The smallest absolute Gasteiger partial charge is 0.0543 e. The SMILES string of the molecule is C1=CC2c3ccc(N(c4ccc(-c5ccc(-c6ccccc6)cc5)cc4)c4cccc5c4-c4ccccc4C54C5CC6CC(C5)CC4C6)cc3C3(C4CC5CC(C4)CC3C5)C2C=C1. The van der Waals surface area contributed by atoms with Gasteiger partial charge in [-0.1, -0.05) is 133 Å². The number of allylic oxidation sites excluding steroid dienone is 4. The van der Waals surface area contributed by atoms with Gasteiger partial charge in [-0.15, -0.1) is 0 Å². The van der Waals surface area contributed by atoms with E-state index in [-0.39, 0.29) is 10.8 Å². The number of anilines is 3. The Bertz CT molecular complexity index is 2820. The van der Waals surface area contributed by atoms with Gasteiger partial charge in [0.25, 0.3) is 0 Å². The molecule has 1 nitrogen and oxygen atoms in total. The standard InChI is InChI=1S/C62H57N/c1-2-9-42(10-3-1)43-17-19-44(20-18-43)45-21-23-50(24-22-45)63(51-25-26-53-52-11-4-6-13-55(52)62(58(53)37-51)48-33-40-28-41(35-48)36-49(62)34-40)59-16-8-15-57-60(59)54-12-5-7-14-56(54)61(57)46-29-38-27-39(31-46)32-47(61)30-38/h1-26,37-41,46-49,52,55H,27-36H2. The summed E-state index contributed by atoms with van der Waals surface area (Å²) in [4.78, 5) is 2.71. The van der Waals surface area contributed by atoms with Crippen LogP contribution in [-0.4, -0.2) is 0 Å². The van der Waals surface area contributed by atoms with Crippen molar-refractivity contribution in [1.82, 2.24) is 0 Å². The zero-order chi connectivity index (χ0) is 41.0. The molecule has 63 heavy (non-hydrogen) atoms. The van der Waals surface area contributed by atoms with Crippen molar-refractivity contribution in [3.8, 4) is 33.4 Å². The predicted molar refractivity (Wildman–Crippen MR) is 258 cm³/mol. The van der Waals surface area contributed by atoms with E-state index in [0.29, 0.717) is 11.8 Å². The molecule has 0 heterocycles. The van der Waals surface area contributed by atoms with Gasteiger partial charge in [0.2, 0.25) is 0 Å². The van der Waals surface area contributed by atoms with E-state index in [2.05, 4.69) is 169 Å².